The fraction of sp³-hybridized carbons (Fsp3) is 0.457. The van der Waals surface area contributed by atoms with Gasteiger partial charge in [-0.1, -0.05) is 102 Å². The maximum Gasteiger partial charge on any atom is 0.214 e. The summed E-state index contributed by atoms with van der Waals surface area (Å²) in [6.07, 6.45) is 14.0. The van der Waals surface area contributed by atoms with Gasteiger partial charge in [-0.25, -0.2) is 4.68 Å². The van der Waals surface area contributed by atoms with E-state index in [-0.39, 0.29) is 23.9 Å². The fourth-order valence-corrected chi connectivity index (χ4v) is 7.60. The molecule has 0 atom stereocenters. The molecule has 2 aromatic heterocycles. The number of benzene rings is 3. The van der Waals surface area contributed by atoms with Crippen molar-refractivity contribution < 1.29 is 19.0 Å². The summed E-state index contributed by atoms with van der Waals surface area (Å²) in [6.45, 7) is 11.9. The van der Waals surface area contributed by atoms with Gasteiger partial charge in [0.05, 0.1) is 58.5 Å². The third kappa shape index (κ3) is 11.7. The lowest BCUT2D eigenvalue weighted by atomic mass is 9.89. The van der Waals surface area contributed by atoms with Crippen LogP contribution in [0, 0.1) is 16.7 Å². The SMILES string of the molecule is CC(C)(C)CCCCCCCCCCCOCn1c(C(=O)c2cnn(-c3ccc(Oc4cccc(C#N)c4)cc3Cl)c2N)cc2ccc(CN3CCOCC3)cc21. The molecule has 0 spiro atoms. The molecule has 0 amide bonds. The van der Waals surface area contributed by atoms with E-state index in [1.54, 1.807) is 42.5 Å². The molecule has 57 heavy (non-hydrogen) atoms. The number of aromatic nitrogens is 3. The highest BCUT2D eigenvalue weighted by Crippen LogP contribution is 2.32. The Morgan fingerprint density at radius 2 is 1.63 bits per heavy atom. The van der Waals surface area contributed by atoms with Gasteiger partial charge in [-0.3, -0.25) is 9.69 Å². The van der Waals surface area contributed by atoms with Gasteiger partial charge >= 0.3 is 0 Å². The molecule has 0 saturated carbocycles. The van der Waals surface area contributed by atoms with Crippen LogP contribution < -0.4 is 10.5 Å². The zero-order valence-corrected chi connectivity index (χ0v) is 34.5. The molecule has 0 radical (unpaired) electrons. The minimum Gasteiger partial charge on any atom is -0.457 e. The molecule has 6 rings (SSSR count). The number of fused-ring (bicyclic) bond motifs is 1. The number of carbonyl (C=O) groups excluding carboxylic acids is 1. The van der Waals surface area contributed by atoms with Crippen LogP contribution in [0.4, 0.5) is 5.82 Å². The van der Waals surface area contributed by atoms with Crippen LogP contribution in [-0.4, -0.2) is 57.9 Å². The molecule has 1 saturated heterocycles. The van der Waals surface area contributed by atoms with E-state index in [0.717, 1.165) is 56.6 Å². The van der Waals surface area contributed by atoms with Crippen molar-refractivity contribution in [3.05, 3.63) is 100 Å². The van der Waals surface area contributed by atoms with Gasteiger partial charge in [-0.15, -0.1) is 0 Å². The van der Waals surface area contributed by atoms with Gasteiger partial charge in [-0.2, -0.15) is 10.4 Å². The van der Waals surface area contributed by atoms with Gasteiger partial charge in [0.1, 0.15) is 24.0 Å². The number of hydrogen-bond acceptors (Lipinski definition) is 8. The van der Waals surface area contributed by atoms with Gasteiger partial charge in [0.25, 0.3) is 0 Å². The Labute approximate surface area is 342 Å². The molecular weight excluding hydrogens is 736 g/mol. The number of nitrogens with zero attached hydrogens (tertiary/aromatic N) is 5. The Bertz CT molecular complexity index is 2140. The summed E-state index contributed by atoms with van der Waals surface area (Å²) in [5, 5.41) is 15.0. The molecule has 1 aliphatic rings. The molecule has 0 unspecified atom stereocenters. The summed E-state index contributed by atoms with van der Waals surface area (Å²) in [7, 11) is 0. The zero-order valence-electron chi connectivity index (χ0n) is 33.8. The third-order valence-electron chi connectivity index (χ3n) is 10.5. The monoisotopic (exact) mass is 792 g/mol. The minimum absolute atomic E-state index is 0.174. The van der Waals surface area contributed by atoms with E-state index < -0.39 is 0 Å². The summed E-state index contributed by atoms with van der Waals surface area (Å²) >= 11 is 6.72. The van der Waals surface area contributed by atoms with Gasteiger partial charge in [0, 0.05) is 37.7 Å². The number of morpholine rings is 1. The van der Waals surface area contributed by atoms with Crippen LogP contribution >= 0.6 is 11.6 Å². The number of anilines is 1. The molecule has 5 aromatic rings. The number of nitrogen functional groups attached to an aromatic ring is 1. The molecule has 302 valence electrons. The molecule has 1 aliphatic heterocycles. The number of rotatable bonds is 20. The number of ether oxygens (including phenoxy) is 3. The molecule has 10 nitrogen and oxygen atoms in total. The zero-order chi connectivity index (χ0) is 40.2. The first-order chi connectivity index (χ1) is 27.6. The van der Waals surface area contributed by atoms with Gasteiger partial charge in [0.15, 0.2) is 0 Å². The van der Waals surface area contributed by atoms with Crippen LogP contribution in [0.1, 0.15) is 112 Å². The van der Waals surface area contributed by atoms with Crippen molar-refractivity contribution in [1.82, 2.24) is 19.2 Å². The third-order valence-corrected chi connectivity index (χ3v) is 10.8. The van der Waals surface area contributed by atoms with E-state index in [9.17, 15) is 10.1 Å². The maximum atomic E-state index is 14.4. The Morgan fingerprint density at radius 1 is 0.912 bits per heavy atom. The van der Waals surface area contributed by atoms with Gasteiger partial charge in [0.2, 0.25) is 5.78 Å². The fourth-order valence-electron chi connectivity index (χ4n) is 7.35. The lowest BCUT2D eigenvalue weighted by Crippen LogP contribution is -2.35. The van der Waals surface area contributed by atoms with E-state index >= 15 is 0 Å². The first-order valence-corrected chi connectivity index (χ1v) is 20.8. The molecule has 2 N–H and O–H groups in total. The number of hydrogen-bond donors (Lipinski definition) is 1. The summed E-state index contributed by atoms with van der Waals surface area (Å²) in [4.78, 5) is 16.7. The molecular formula is C46H57ClN6O4. The van der Waals surface area contributed by atoms with Crippen molar-refractivity contribution in [1.29, 1.82) is 5.26 Å². The quantitative estimate of drug-likeness (QED) is 0.0611. The molecule has 3 heterocycles. The molecule has 0 aliphatic carbocycles. The lowest BCUT2D eigenvalue weighted by molar-refractivity contribution is 0.0342. The second kappa shape index (κ2) is 20.2. The van der Waals surface area contributed by atoms with Gasteiger partial charge in [-0.05, 0) is 66.3 Å². The Hall–Kier alpha value is -4.66. The van der Waals surface area contributed by atoms with Crippen LogP contribution in [0.25, 0.3) is 16.6 Å². The van der Waals surface area contributed by atoms with Crippen LogP contribution in [0.15, 0.2) is 72.9 Å². The first kappa shape index (κ1) is 42.0. The number of unbranched alkanes of at least 4 members (excludes halogenated alkanes) is 8. The van der Waals surface area contributed by atoms with E-state index in [1.807, 2.05) is 10.6 Å². The van der Waals surface area contributed by atoms with Crippen molar-refractivity contribution >= 4 is 34.1 Å². The predicted molar refractivity (Wildman–Crippen MR) is 227 cm³/mol. The minimum atomic E-state index is -0.250. The smallest absolute Gasteiger partial charge is 0.214 e. The summed E-state index contributed by atoms with van der Waals surface area (Å²) in [5.74, 6) is 0.920. The van der Waals surface area contributed by atoms with Crippen LogP contribution in [0.2, 0.25) is 5.02 Å². The second-order valence-electron chi connectivity index (χ2n) is 16.3. The summed E-state index contributed by atoms with van der Waals surface area (Å²) in [5.41, 5.74) is 10.9. The van der Waals surface area contributed by atoms with Crippen molar-refractivity contribution in [3.63, 3.8) is 0 Å². The Balaban J connectivity index is 1.12. The average molecular weight is 793 g/mol. The van der Waals surface area contributed by atoms with E-state index in [2.05, 4.69) is 55.0 Å². The molecule has 0 bridgehead atoms. The van der Waals surface area contributed by atoms with Crippen LogP contribution in [-0.2, 0) is 22.7 Å². The normalized spacial score (nSPS) is 13.6. The highest BCUT2D eigenvalue weighted by Gasteiger charge is 2.24. The van der Waals surface area contributed by atoms with E-state index in [0.29, 0.717) is 45.5 Å². The second-order valence-corrected chi connectivity index (χ2v) is 16.7. The Kier molecular flexibility index (Phi) is 14.8. The van der Waals surface area contributed by atoms with Crippen LogP contribution in [0.5, 0.6) is 11.5 Å². The highest BCUT2D eigenvalue weighted by atomic mass is 35.5. The van der Waals surface area contributed by atoms with Crippen molar-refractivity contribution in [2.24, 2.45) is 5.41 Å². The number of nitrogens with two attached hydrogens (primary N) is 1. The molecule has 1 fully saturated rings. The number of nitriles is 1. The first-order valence-electron chi connectivity index (χ1n) is 20.5. The van der Waals surface area contributed by atoms with Crippen LogP contribution in [0.3, 0.4) is 0 Å². The average Bonchev–Trinajstić information content (AvgIpc) is 3.76. The van der Waals surface area contributed by atoms with Crippen molar-refractivity contribution in [2.45, 2.75) is 98.3 Å². The molecule has 11 heteroatoms. The topological polar surface area (TPSA) is 121 Å². The molecule has 3 aromatic carbocycles. The van der Waals surface area contributed by atoms with E-state index in [4.69, 9.17) is 31.5 Å². The van der Waals surface area contributed by atoms with E-state index in [1.165, 1.54) is 67.8 Å². The summed E-state index contributed by atoms with van der Waals surface area (Å²) in [6, 6.07) is 22.4. The lowest BCUT2D eigenvalue weighted by Gasteiger charge is -2.26. The van der Waals surface area contributed by atoms with Crippen molar-refractivity contribution in [2.75, 3.05) is 38.6 Å². The number of ketones is 1. The number of carbonyl (C=O) groups is 1. The maximum absolute atomic E-state index is 14.4. The standard InChI is InChI=1S/C46H57ClN6O4/c1-46(2,3)20-11-9-7-5-4-6-8-10-12-23-56-33-52-42-27-35(32-51-21-24-55-25-22-51)16-17-36(42)28-43(52)44(54)39-31-50-53(45(39)49)41-19-18-38(29-40(41)47)57-37-15-13-14-34(26-37)30-48/h13-19,26-29,31H,4-12,20-25,32-33,49H2,1-3H3. The van der Waals surface area contributed by atoms with Gasteiger partial charge < -0.3 is 24.5 Å². The van der Waals surface area contributed by atoms with Crippen molar-refractivity contribution in [3.8, 4) is 23.3 Å². The number of halogens is 1. The predicted octanol–water partition coefficient (Wildman–Crippen LogP) is 10.7. The summed E-state index contributed by atoms with van der Waals surface area (Å²) < 4.78 is 21.2. The Morgan fingerprint density at radius 3 is 2.35 bits per heavy atom. The largest absolute Gasteiger partial charge is 0.457 e. The highest BCUT2D eigenvalue weighted by molar-refractivity contribution is 6.32.